The van der Waals surface area contributed by atoms with Crippen LogP contribution in [0.15, 0.2) is 0 Å². The van der Waals surface area contributed by atoms with Gasteiger partial charge in [0.2, 0.25) is 10.0 Å². The van der Waals surface area contributed by atoms with Gasteiger partial charge in [0.25, 0.3) is 0 Å². The van der Waals surface area contributed by atoms with Crippen LogP contribution in [0.3, 0.4) is 0 Å². The van der Waals surface area contributed by atoms with Crippen molar-refractivity contribution in [3.8, 4) is 0 Å². The molecule has 0 aliphatic carbocycles. The molecule has 1 heterocycles. The van der Waals surface area contributed by atoms with Gasteiger partial charge in [-0.25, -0.2) is 21.6 Å². The number of rotatable bonds is 7. The third-order valence-electron chi connectivity index (χ3n) is 3.05. The summed E-state index contributed by atoms with van der Waals surface area (Å²) in [6, 6.07) is 0. The van der Waals surface area contributed by atoms with Crippen LogP contribution in [0, 0.1) is 5.92 Å². The van der Waals surface area contributed by atoms with Gasteiger partial charge in [-0.05, 0) is 38.3 Å². The first-order chi connectivity index (χ1) is 8.29. The van der Waals surface area contributed by atoms with Gasteiger partial charge in [-0.2, -0.15) is 0 Å². The molecule has 2 N–H and O–H groups in total. The Morgan fingerprint density at radius 2 is 1.72 bits per heavy atom. The van der Waals surface area contributed by atoms with Crippen LogP contribution >= 0.6 is 0 Å². The van der Waals surface area contributed by atoms with Crippen LogP contribution < -0.4 is 10.0 Å². The Balaban J connectivity index is 2.26. The molecule has 0 aromatic rings. The normalized spacial score (nSPS) is 18.9. The van der Waals surface area contributed by atoms with E-state index in [1.807, 2.05) is 0 Å². The number of sulfone groups is 1. The molecule has 8 heteroatoms. The molecule has 0 spiro atoms. The maximum atomic E-state index is 11.6. The zero-order valence-corrected chi connectivity index (χ0v) is 12.3. The Hall–Kier alpha value is -0.180. The van der Waals surface area contributed by atoms with Gasteiger partial charge in [-0.15, -0.1) is 0 Å². The van der Waals surface area contributed by atoms with E-state index in [1.54, 1.807) is 0 Å². The summed E-state index contributed by atoms with van der Waals surface area (Å²) in [6.07, 6.45) is 3.77. The summed E-state index contributed by atoms with van der Waals surface area (Å²) < 4.78 is 47.4. The van der Waals surface area contributed by atoms with Crippen molar-refractivity contribution in [1.29, 1.82) is 0 Å². The minimum absolute atomic E-state index is 0.0343. The Morgan fingerprint density at radius 3 is 2.28 bits per heavy atom. The molecule has 0 aromatic heterocycles. The summed E-state index contributed by atoms with van der Waals surface area (Å²) in [7, 11) is -6.46. The molecule has 0 aromatic carbocycles. The molecule has 0 unspecified atom stereocenters. The van der Waals surface area contributed by atoms with Crippen molar-refractivity contribution in [2.75, 3.05) is 37.4 Å². The second-order valence-electron chi connectivity index (χ2n) is 4.83. The van der Waals surface area contributed by atoms with Crippen LogP contribution in [-0.4, -0.2) is 54.2 Å². The molecule has 0 atom stereocenters. The third kappa shape index (κ3) is 7.30. The summed E-state index contributed by atoms with van der Waals surface area (Å²) in [6.45, 7) is 1.87. The molecule has 6 nitrogen and oxygen atoms in total. The van der Waals surface area contributed by atoms with E-state index in [1.165, 1.54) is 0 Å². The molecule has 1 aliphatic rings. The van der Waals surface area contributed by atoms with Crippen molar-refractivity contribution < 1.29 is 16.8 Å². The van der Waals surface area contributed by atoms with E-state index in [4.69, 9.17) is 0 Å². The highest BCUT2D eigenvalue weighted by atomic mass is 32.2. The lowest BCUT2D eigenvalue weighted by molar-refractivity contribution is 0.365. The van der Waals surface area contributed by atoms with Gasteiger partial charge in [0.1, 0.15) is 9.84 Å². The SMILES string of the molecule is CS(=O)(=O)CCNS(=O)(=O)CCC1CCNCC1. The van der Waals surface area contributed by atoms with Crippen molar-refractivity contribution in [2.24, 2.45) is 5.92 Å². The highest BCUT2D eigenvalue weighted by Crippen LogP contribution is 2.16. The first-order valence-electron chi connectivity index (χ1n) is 6.14. The van der Waals surface area contributed by atoms with E-state index < -0.39 is 19.9 Å². The molecule has 1 saturated heterocycles. The fourth-order valence-electron chi connectivity index (χ4n) is 1.95. The Morgan fingerprint density at radius 1 is 1.11 bits per heavy atom. The molecule has 0 bridgehead atoms. The van der Waals surface area contributed by atoms with E-state index in [0.717, 1.165) is 32.2 Å². The highest BCUT2D eigenvalue weighted by Gasteiger charge is 2.17. The lowest BCUT2D eigenvalue weighted by atomic mass is 9.96. The van der Waals surface area contributed by atoms with Crippen molar-refractivity contribution in [3.05, 3.63) is 0 Å². The molecule has 1 aliphatic heterocycles. The fraction of sp³-hybridized carbons (Fsp3) is 1.00. The van der Waals surface area contributed by atoms with Crippen LogP contribution in [0.2, 0.25) is 0 Å². The van der Waals surface area contributed by atoms with E-state index in [2.05, 4.69) is 10.0 Å². The topological polar surface area (TPSA) is 92.3 Å². The largest absolute Gasteiger partial charge is 0.317 e. The van der Waals surface area contributed by atoms with Crippen molar-refractivity contribution in [1.82, 2.24) is 10.0 Å². The van der Waals surface area contributed by atoms with Crippen LogP contribution in [0.1, 0.15) is 19.3 Å². The quantitative estimate of drug-likeness (QED) is 0.651. The van der Waals surface area contributed by atoms with Crippen LogP contribution in [0.25, 0.3) is 0 Å². The lowest BCUT2D eigenvalue weighted by Gasteiger charge is -2.22. The highest BCUT2D eigenvalue weighted by molar-refractivity contribution is 7.91. The first-order valence-corrected chi connectivity index (χ1v) is 9.85. The predicted molar refractivity (Wildman–Crippen MR) is 71.7 cm³/mol. The Labute approximate surface area is 110 Å². The van der Waals surface area contributed by atoms with Gasteiger partial charge < -0.3 is 5.32 Å². The Kier molecular flexibility index (Phi) is 6.03. The van der Waals surface area contributed by atoms with E-state index in [-0.39, 0.29) is 18.1 Å². The Bertz CT molecular complexity index is 438. The van der Waals surface area contributed by atoms with Crippen molar-refractivity contribution >= 4 is 19.9 Å². The predicted octanol–water partition coefficient (Wildman–Crippen LogP) is -0.660. The summed E-state index contributed by atoms with van der Waals surface area (Å²) in [5.41, 5.74) is 0. The smallest absolute Gasteiger partial charge is 0.211 e. The second-order valence-corrected chi connectivity index (χ2v) is 9.01. The molecule has 18 heavy (non-hydrogen) atoms. The maximum Gasteiger partial charge on any atom is 0.211 e. The molecule has 1 rings (SSSR count). The standard InChI is InChI=1S/C10H22N2O4S2/c1-17(13,14)9-7-12-18(15,16)8-4-10-2-5-11-6-3-10/h10-12H,2-9H2,1H3. The number of piperidine rings is 1. The summed E-state index contributed by atoms with van der Waals surface area (Å²) >= 11 is 0. The zero-order chi connectivity index (χ0) is 13.6. The van der Waals surface area contributed by atoms with Crippen molar-refractivity contribution in [3.63, 3.8) is 0 Å². The fourth-order valence-corrected chi connectivity index (χ4v) is 3.75. The third-order valence-corrected chi connectivity index (χ3v) is 5.41. The molecule has 108 valence electrons. The second kappa shape index (κ2) is 6.83. The monoisotopic (exact) mass is 298 g/mol. The van der Waals surface area contributed by atoms with Crippen LogP contribution in [-0.2, 0) is 19.9 Å². The molecular weight excluding hydrogens is 276 g/mol. The average Bonchev–Trinajstić information content (AvgIpc) is 2.26. The van der Waals surface area contributed by atoms with Gasteiger partial charge in [0.05, 0.1) is 11.5 Å². The summed E-state index contributed by atoms with van der Waals surface area (Å²) in [5, 5.41) is 3.23. The van der Waals surface area contributed by atoms with E-state index in [0.29, 0.717) is 12.3 Å². The average molecular weight is 298 g/mol. The summed E-state index contributed by atoms with van der Waals surface area (Å²) in [5.74, 6) is 0.388. The zero-order valence-electron chi connectivity index (χ0n) is 10.7. The minimum Gasteiger partial charge on any atom is -0.317 e. The van der Waals surface area contributed by atoms with Crippen LogP contribution in [0.5, 0.6) is 0 Å². The van der Waals surface area contributed by atoms with Crippen LogP contribution in [0.4, 0.5) is 0 Å². The lowest BCUT2D eigenvalue weighted by Crippen LogP contribution is -2.33. The maximum absolute atomic E-state index is 11.6. The number of hydrogen-bond donors (Lipinski definition) is 2. The number of nitrogens with one attached hydrogen (secondary N) is 2. The molecular formula is C10H22N2O4S2. The number of hydrogen-bond acceptors (Lipinski definition) is 5. The van der Waals surface area contributed by atoms with E-state index in [9.17, 15) is 16.8 Å². The van der Waals surface area contributed by atoms with Gasteiger partial charge in [0.15, 0.2) is 0 Å². The first kappa shape index (κ1) is 15.9. The van der Waals surface area contributed by atoms with E-state index >= 15 is 0 Å². The minimum atomic E-state index is -3.34. The van der Waals surface area contributed by atoms with Gasteiger partial charge in [-0.3, -0.25) is 0 Å². The van der Waals surface area contributed by atoms with Gasteiger partial charge >= 0.3 is 0 Å². The van der Waals surface area contributed by atoms with Gasteiger partial charge in [-0.1, -0.05) is 0 Å². The molecule has 0 radical (unpaired) electrons. The van der Waals surface area contributed by atoms with Gasteiger partial charge in [0, 0.05) is 12.8 Å². The number of sulfonamides is 1. The molecule has 0 saturated carbocycles. The van der Waals surface area contributed by atoms with Crippen molar-refractivity contribution in [2.45, 2.75) is 19.3 Å². The molecule has 0 amide bonds. The molecule has 1 fully saturated rings. The summed E-state index contributed by atoms with van der Waals surface area (Å²) in [4.78, 5) is 0.